The van der Waals surface area contributed by atoms with Gasteiger partial charge in [-0.05, 0) is 48.2 Å². The molecule has 1 N–H and O–H groups in total. The molecule has 0 heterocycles. The molecule has 0 aliphatic carbocycles. The summed E-state index contributed by atoms with van der Waals surface area (Å²) in [6, 6.07) is 23.1. The number of anilines is 2. The maximum absolute atomic E-state index is 13.9. The number of allylic oxidation sites excluding steroid dienone is 1. The van der Waals surface area contributed by atoms with Gasteiger partial charge in [0.15, 0.2) is 0 Å². The molecular weight excluding hydrogens is 430 g/mol. The molecule has 3 amide bonds. The molecule has 0 aromatic heterocycles. The minimum atomic E-state index is -0.792. The predicted octanol–water partition coefficient (Wildman–Crippen LogP) is 6.01. The molecule has 0 atom stereocenters. The van der Waals surface area contributed by atoms with E-state index in [-0.39, 0.29) is 6.54 Å². The quantitative estimate of drug-likeness (QED) is 0.204. The first-order chi connectivity index (χ1) is 16.5. The Morgan fingerprint density at radius 2 is 1.65 bits per heavy atom. The van der Waals surface area contributed by atoms with Crippen molar-refractivity contribution < 1.29 is 19.5 Å². The van der Waals surface area contributed by atoms with Crippen molar-refractivity contribution in [1.82, 2.24) is 0 Å². The highest BCUT2D eigenvalue weighted by Gasteiger charge is 2.31. The van der Waals surface area contributed by atoms with Crippen molar-refractivity contribution in [3.63, 3.8) is 0 Å². The number of carbonyl (C=O) groups is 2. The summed E-state index contributed by atoms with van der Waals surface area (Å²) in [6.07, 6.45) is 1.40. The molecular formula is C27H27N3O4. The number of amides is 3. The normalized spacial score (nSPS) is 10.9. The zero-order valence-electron chi connectivity index (χ0n) is 19.2. The second kappa shape index (κ2) is 11.5. The van der Waals surface area contributed by atoms with Crippen LogP contribution in [-0.2, 0) is 17.7 Å². The summed E-state index contributed by atoms with van der Waals surface area (Å²) in [6.45, 7) is 5.68. The van der Waals surface area contributed by atoms with Crippen molar-refractivity contribution in [2.75, 3.05) is 16.9 Å². The van der Waals surface area contributed by atoms with E-state index < -0.39 is 12.1 Å². The van der Waals surface area contributed by atoms with Crippen LogP contribution in [0, 0.1) is 0 Å². The van der Waals surface area contributed by atoms with E-state index in [9.17, 15) is 9.59 Å². The molecule has 3 rings (SSSR count). The Balaban J connectivity index is 2.09. The van der Waals surface area contributed by atoms with E-state index in [1.54, 1.807) is 49.4 Å². The SMILES string of the molecule is C=CCc1ccccc1N(C(=O)OC)C(=O)N(Cc1ccccc1)c1ccc(C(C)=NO)cc1. The Morgan fingerprint density at radius 1 is 1.00 bits per heavy atom. The standard InChI is InChI=1S/C27H27N3O4/c1-4-10-23-13-8-9-14-25(23)30(27(32)34-3)26(31)29(19-21-11-6-5-7-12-21)24-17-15-22(16-18-24)20(2)28-33/h4-9,11-18,33H,1,10,19H2,2-3H3. The van der Waals surface area contributed by atoms with Crippen LogP contribution in [0.2, 0.25) is 0 Å². The summed E-state index contributed by atoms with van der Waals surface area (Å²) in [4.78, 5) is 29.4. The van der Waals surface area contributed by atoms with Crippen molar-refractivity contribution in [3.8, 4) is 0 Å². The highest BCUT2D eigenvalue weighted by molar-refractivity contribution is 6.17. The fraction of sp³-hybridized carbons (Fsp3) is 0.148. The van der Waals surface area contributed by atoms with Gasteiger partial charge >= 0.3 is 12.1 Å². The fourth-order valence-corrected chi connectivity index (χ4v) is 3.52. The van der Waals surface area contributed by atoms with Crippen LogP contribution in [0.25, 0.3) is 0 Å². The third-order valence-corrected chi connectivity index (χ3v) is 5.31. The molecule has 0 spiro atoms. The van der Waals surface area contributed by atoms with Crippen LogP contribution in [0.3, 0.4) is 0 Å². The molecule has 34 heavy (non-hydrogen) atoms. The fourth-order valence-electron chi connectivity index (χ4n) is 3.52. The Kier molecular flexibility index (Phi) is 8.18. The maximum Gasteiger partial charge on any atom is 0.422 e. The van der Waals surface area contributed by atoms with E-state index >= 15 is 0 Å². The number of para-hydroxylation sites is 1. The third kappa shape index (κ3) is 5.50. The van der Waals surface area contributed by atoms with Gasteiger partial charge in [-0.2, -0.15) is 4.90 Å². The predicted molar refractivity (Wildman–Crippen MR) is 134 cm³/mol. The van der Waals surface area contributed by atoms with Gasteiger partial charge in [-0.1, -0.05) is 71.9 Å². The molecule has 3 aromatic carbocycles. The van der Waals surface area contributed by atoms with Crippen LogP contribution in [-0.4, -0.2) is 30.2 Å². The van der Waals surface area contributed by atoms with Crippen LogP contribution in [0.4, 0.5) is 21.0 Å². The minimum absolute atomic E-state index is 0.225. The second-order valence-electron chi connectivity index (χ2n) is 7.51. The summed E-state index contributed by atoms with van der Waals surface area (Å²) in [7, 11) is 1.24. The second-order valence-corrected chi connectivity index (χ2v) is 7.51. The number of rotatable bonds is 7. The van der Waals surface area contributed by atoms with Crippen molar-refractivity contribution >= 4 is 29.2 Å². The van der Waals surface area contributed by atoms with Gasteiger partial charge in [0.1, 0.15) is 0 Å². The van der Waals surface area contributed by atoms with E-state index in [0.29, 0.717) is 29.1 Å². The van der Waals surface area contributed by atoms with Gasteiger partial charge in [-0.25, -0.2) is 9.59 Å². The van der Waals surface area contributed by atoms with Gasteiger partial charge in [0.05, 0.1) is 25.1 Å². The third-order valence-electron chi connectivity index (χ3n) is 5.31. The molecule has 3 aromatic rings. The van der Waals surface area contributed by atoms with E-state index in [1.807, 2.05) is 42.5 Å². The number of nitrogens with zero attached hydrogens (tertiary/aromatic N) is 3. The lowest BCUT2D eigenvalue weighted by atomic mass is 10.1. The van der Waals surface area contributed by atoms with Crippen molar-refractivity contribution in [2.24, 2.45) is 5.16 Å². The van der Waals surface area contributed by atoms with Gasteiger partial charge in [0.25, 0.3) is 0 Å². The zero-order valence-corrected chi connectivity index (χ0v) is 19.2. The Hall–Kier alpha value is -4.39. The van der Waals surface area contributed by atoms with E-state index in [1.165, 1.54) is 12.0 Å². The molecule has 0 aliphatic heterocycles. The largest absolute Gasteiger partial charge is 0.452 e. The van der Waals surface area contributed by atoms with Gasteiger partial charge in [0, 0.05) is 5.69 Å². The van der Waals surface area contributed by atoms with Crippen molar-refractivity contribution in [2.45, 2.75) is 19.9 Å². The van der Waals surface area contributed by atoms with E-state index in [4.69, 9.17) is 9.94 Å². The Bertz CT molecular complexity index is 1170. The molecule has 0 aliphatic rings. The molecule has 0 unspecified atom stereocenters. The molecule has 0 fully saturated rings. The summed E-state index contributed by atoms with van der Waals surface area (Å²) in [5.41, 5.74) is 3.80. The van der Waals surface area contributed by atoms with Crippen molar-refractivity contribution in [3.05, 3.63) is 108 Å². The number of urea groups is 1. The monoisotopic (exact) mass is 457 g/mol. The first-order valence-corrected chi connectivity index (χ1v) is 10.7. The van der Waals surface area contributed by atoms with Crippen LogP contribution in [0.5, 0.6) is 0 Å². The van der Waals surface area contributed by atoms with Gasteiger partial charge in [-0.3, -0.25) is 4.90 Å². The number of oxime groups is 1. The summed E-state index contributed by atoms with van der Waals surface area (Å²) in [5, 5.41) is 12.3. The molecule has 0 bridgehead atoms. The van der Waals surface area contributed by atoms with Gasteiger partial charge < -0.3 is 9.94 Å². The summed E-state index contributed by atoms with van der Waals surface area (Å²) < 4.78 is 4.99. The first-order valence-electron chi connectivity index (χ1n) is 10.7. The van der Waals surface area contributed by atoms with Crippen molar-refractivity contribution in [1.29, 1.82) is 0 Å². The molecule has 0 saturated heterocycles. The molecule has 7 nitrogen and oxygen atoms in total. The Morgan fingerprint density at radius 3 is 2.26 bits per heavy atom. The highest BCUT2D eigenvalue weighted by atomic mass is 16.5. The summed E-state index contributed by atoms with van der Waals surface area (Å²) in [5.74, 6) is 0. The number of hydrogen-bond acceptors (Lipinski definition) is 5. The van der Waals surface area contributed by atoms with Crippen LogP contribution in [0.15, 0.2) is 96.7 Å². The Labute approximate surface area is 199 Å². The number of imide groups is 1. The highest BCUT2D eigenvalue weighted by Crippen LogP contribution is 2.27. The molecule has 174 valence electrons. The van der Waals surface area contributed by atoms with Crippen LogP contribution < -0.4 is 9.80 Å². The smallest absolute Gasteiger partial charge is 0.422 e. The van der Waals surface area contributed by atoms with Gasteiger partial charge in [-0.15, -0.1) is 6.58 Å². The van der Waals surface area contributed by atoms with E-state index in [0.717, 1.165) is 16.0 Å². The van der Waals surface area contributed by atoms with Crippen LogP contribution in [0.1, 0.15) is 23.6 Å². The maximum atomic E-state index is 13.9. The van der Waals surface area contributed by atoms with Crippen LogP contribution >= 0.6 is 0 Å². The van der Waals surface area contributed by atoms with E-state index in [2.05, 4.69) is 11.7 Å². The number of carbonyl (C=O) groups excluding carboxylic acids is 2. The van der Waals surface area contributed by atoms with Gasteiger partial charge in [0.2, 0.25) is 0 Å². The number of benzene rings is 3. The number of ether oxygens (including phenoxy) is 1. The molecule has 7 heteroatoms. The molecule has 0 radical (unpaired) electrons. The lowest BCUT2D eigenvalue weighted by molar-refractivity contribution is 0.178. The average Bonchev–Trinajstić information content (AvgIpc) is 2.88. The number of hydrogen-bond donors (Lipinski definition) is 1. The lowest BCUT2D eigenvalue weighted by Crippen LogP contribution is -2.47. The average molecular weight is 458 g/mol. The topological polar surface area (TPSA) is 82.4 Å². The summed E-state index contributed by atoms with van der Waals surface area (Å²) >= 11 is 0. The molecule has 0 saturated carbocycles. The minimum Gasteiger partial charge on any atom is -0.452 e. The first kappa shape index (κ1) is 24.3. The zero-order chi connectivity index (χ0) is 24.5. The lowest BCUT2D eigenvalue weighted by Gasteiger charge is -2.30. The number of methoxy groups -OCH3 is 1.